The van der Waals surface area contributed by atoms with Crippen molar-refractivity contribution in [2.24, 2.45) is 29.6 Å². The molecular formula is C52H64F6N8O14. The van der Waals surface area contributed by atoms with Gasteiger partial charge in [-0.2, -0.15) is 26.3 Å². The van der Waals surface area contributed by atoms with Gasteiger partial charge in [-0.3, -0.25) is 67.4 Å². The Morgan fingerprint density at radius 1 is 0.575 bits per heavy atom. The number of nitrogens with zero attached hydrogens (tertiary/aromatic N) is 3. The first-order valence-electron chi connectivity index (χ1n) is 25.4. The Hall–Kier alpha value is -7.62. The first-order valence-corrected chi connectivity index (χ1v) is 25.4. The number of nitrogens with one attached hydrogen (secondary N) is 5. The number of carboxylic acid groups (broad SMARTS) is 2. The number of carbonyl (C=O) groups is 12. The van der Waals surface area contributed by atoms with Gasteiger partial charge in [0.15, 0.2) is 5.78 Å². The predicted molar refractivity (Wildman–Crippen MR) is 268 cm³/mol. The summed E-state index contributed by atoms with van der Waals surface area (Å²) in [5.41, 5.74) is -0.440. The smallest absolute Gasteiger partial charge is 0.452 e. The van der Waals surface area contributed by atoms with Crippen LogP contribution >= 0.6 is 0 Å². The summed E-state index contributed by atoms with van der Waals surface area (Å²) in [5.74, 6) is -23.0. The average Bonchev–Trinajstić information content (AvgIpc) is 4.08. The van der Waals surface area contributed by atoms with E-state index in [1.165, 1.54) is 52.0 Å². The Kier molecular flexibility index (Phi) is 21.9. The third-order valence-electron chi connectivity index (χ3n) is 13.3. The van der Waals surface area contributed by atoms with E-state index in [0.717, 1.165) is 52.0 Å². The Morgan fingerprint density at radius 3 is 1.36 bits per heavy atom. The van der Waals surface area contributed by atoms with Crippen molar-refractivity contribution < 1.29 is 94.1 Å². The summed E-state index contributed by atoms with van der Waals surface area (Å²) in [6, 6.07) is -3.17. The van der Waals surface area contributed by atoms with Gasteiger partial charge in [0.1, 0.15) is 37.3 Å². The number of imide groups is 1. The zero-order valence-corrected chi connectivity index (χ0v) is 44.8. The fraction of sp³-hybridized carbons (Fsp3) is 0.538. The van der Waals surface area contributed by atoms with Crippen LogP contribution in [0.15, 0.2) is 48.5 Å². The van der Waals surface area contributed by atoms with E-state index in [0.29, 0.717) is 10.0 Å². The number of amides is 7. The van der Waals surface area contributed by atoms with E-state index in [1.54, 1.807) is 0 Å². The number of Topliss-reactive ketones (excluding diaryl/α,β-unsaturated/α-hetero) is 3. The van der Waals surface area contributed by atoms with Crippen molar-refractivity contribution in [2.75, 3.05) is 26.2 Å². The molecule has 438 valence electrons. The number of ketones is 3. The minimum Gasteiger partial charge on any atom is -0.480 e. The standard InChI is InChI=1S/C52H64F6N8O14/c1-24(2)36(62-46(76)30-15-11-28(12-16-30)44(74)60-22-34(67)68)41(71)32-19-20-59-38(32)50(80)66(40(27(7)8)43(73)52(56,57)58)64-21-9-10-33(64)48(78)65(39(26(5)6)42(72)51(53,54)55)49(79)37(25(3)4)63-47(77)31-17-13-29(14-18-31)45(75)61-23-35(69)70/h11-18,24-27,32-33,36-40,59H,9-10,19-23H2,1-8H3,(H,60,74)(H,61,75)(H,62,76)(H,63,77)(H,67,68)(H,69,70)/t32?,33-,36-,37-,38-,39?,40?/m0/s1. The molecule has 4 rings (SSSR count). The van der Waals surface area contributed by atoms with E-state index >= 15 is 9.59 Å². The molecule has 0 saturated carbocycles. The molecule has 28 heteroatoms. The number of rotatable bonds is 24. The molecule has 80 heavy (non-hydrogen) atoms. The molecule has 2 fully saturated rings. The van der Waals surface area contributed by atoms with Gasteiger partial charge >= 0.3 is 24.3 Å². The van der Waals surface area contributed by atoms with Crippen LogP contribution < -0.4 is 26.6 Å². The molecule has 7 amide bonds. The van der Waals surface area contributed by atoms with Gasteiger partial charge in [-0.05, 0) is 98.0 Å². The minimum absolute atomic E-state index is 0.0163. The lowest BCUT2D eigenvalue weighted by Crippen LogP contribution is -2.68. The van der Waals surface area contributed by atoms with Crippen molar-refractivity contribution in [1.29, 1.82) is 0 Å². The second-order valence-corrected chi connectivity index (χ2v) is 20.6. The number of hydrogen-bond acceptors (Lipinski definition) is 14. The van der Waals surface area contributed by atoms with Gasteiger partial charge in [-0.25, -0.2) is 5.01 Å². The normalized spacial score (nSPS) is 18.2. The molecule has 3 unspecified atom stereocenters. The summed E-state index contributed by atoms with van der Waals surface area (Å²) in [7, 11) is 0. The SMILES string of the molecule is CC(C)C(C(=O)C(F)(F)F)N(C(=O)[C@@H](NC(=O)c1ccc(C(=O)NCC(=O)O)cc1)C(C)C)C(=O)[C@@H]1CCCN1N(C(=O)[C@H]1NCCC1C(=O)[C@@H](NC(=O)c1ccc(C(=O)NCC(=O)O)cc1)C(C)C)C(C(=O)C(F)(F)F)C(C)C. The second-order valence-electron chi connectivity index (χ2n) is 20.6. The molecule has 2 saturated heterocycles. The molecule has 7 N–H and O–H groups in total. The van der Waals surface area contributed by atoms with Crippen molar-refractivity contribution in [3.05, 3.63) is 70.8 Å². The first kappa shape index (κ1) is 64.9. The summed E-state index contributed by atoms with van der Waals surface area (Å²) in [4.78, 5) is 161. The fourth-order valence-corrected chi connectivity index (χ4v) is 9.36. The van der Waals surface area contributed by atoms with Gasteiger partial charge in [-0.15, -0.1) is 0 Å². The van der Waals surface area contributed by atoms with E-state index in [1.807, 2.05) is 0 Å². The number of halogens is 6. The highest BCUT2D eigenvalue weighted by Crippen LogP contribution is 2.35. The van der Waals surface area contributed by atoms with E-state index < -0.39 is 175 Å². The number of carbonyl (C=O) groups excluding carboxylic acids is 10. The first-order chi connectivity index (χ1) is 37.1. The maximum absolute atomic E-state index is 15.3. The topological polar surface area (TPSA) is 315 Å². The summed E-state index contributed by atoms with van der Waals surface area (Å²) in [6.07, 6.45) is -12.3. The molecule has 0 spiro atoms. The maximum atomic E-state index is 15.3. The lowest BCUT2D eigenvalue weighted by molar-refractivity contribution is -0.195. The van der Waals surface area contributed by atoms with Crippen LogP contribution in [-0.2, 0) is 38.4 Å². The molecule has 2 heterocycles. The highest BCUT2D eigenvalue weighted by atomic mass is 19.4. The number of alkyl halides is 6. The summed E-state index contributed by atoms with van der Waals surface area (Å²) in [5, 5.41) is 30.8. The average molecular weight is 1140 g/mol. The van der Waals surface area contributed by atoms with E-state index in [-0.39, 0.29) is 46.5 Å². The van der Waals surface area contributed by atoms with Gasteiger partial charge in [0.05, 0.1) is 12.1 Å². The molecule has 0 aliphatic carbocycles. The largest absolute Gasteiger partial charge is 0.480 e. The van der Waals surface area contributed by atoms with Crippen molar-refractivity contribution in [3.8, 4) is 0 Å². The second kappa shape index (κ2) is 27.0. The van der Waals surface area contributed by atoms with Gasteiger partial charge in [0, 0.05) is 34.7 Å². The number of aliphatic carboxylic acids is 2. The number of carboxylic acids is 2. The molecule has 0 bridgehead atoms. The highest BCUT2D eigenvalue weighted by Gasteiger charge is 2.57. The number of benzene rings is 2. The van der Waals surface area contributed by atoms with Crippen molar-refractivity contribution >= 4 is 70.6 Å². The zero-order chi connectivity index (χ0) is 60.5. The maximum Gasteiger partial charge on any atom is 0.452 e. The highest BCUT2D eigenvalue weighted by molar-refractivity contribution is 6.08. The van der Waals surface area contributed by atoms with Crippen LogP contribution in [0.5, 0.6) is 0 Å². The van der Waals surface area contributed by atoms with Crippen molar-refractivity contribution in [2.45, 2.75) is 123 Å². The van der Waals surface area contributed by atoms with Gasteiger partial charge in [0.25, 0.3) is 47.0 Å². The third kappa shape index (κ3) is 15.8. The molecule has 0 aromatic heterocycles. The van der Waals surface area contributed by atoms with E-state index in [4.69, 9.17) is 10.2 Å². The Balaban J connectivity index is 1.80. The van der Waals surface area contributed by atoms with Crippen LogP contribution in [0.4, 0.5) is 26.3 Å². The van der Waals surface area contributed by atoms with Crippen molar-refractivity contribution in [1.82, 2.24) is 41.5 Å². The predicted octanol–water partition coefficient (Wildman–Crippen LogP) is 2.95. The van der Waals surface area contributed by atoms with Crippen LogP contribution in [0.3, 0.4) is 0 Å². The lowest BCUT2D eigenvalue weighted by Gasteiger charge is -2.45. The Morgan fingerprint density at radius 2 is 0.975 bits per heavy atom. The van der Waals surface area contributed by atoms with Crippen LogP contribution in [0.1, 0.15) is 116 Å². The molecule has 0 radical (unpaired) electrons. The Bertz CT molecular complexity index is 2700. The van der Waals surface area contributed by atoms with Gasteiger partial charge in [0.2, 0.25) is 5.91 Å². The molecular weight excluding hydrogens is 1070 g/mol. The molecule has 2 aliphatic rings. The van der Waals surface area contributed by atoms with Crippen LogP contribution in [0.2, 0.25) is 0 Å². The monoisotopic (exact) mass is 1140 g/mol. The molecule has 2 aromatic carbocycles. The van der Waals surface area contributed by atoms with Gasteiger partial charge < -0.3 is 36.8 Å². The van der Waals surface area contributed by atoms with E-state index in [2.05, 4.69) is 26.6 Å². The summed E-state index contributed by atoms with van der Waals surface area (Å²) >= 11 is 0. The fourth-order valence-electron chi connectivity index (χ4n) is 9.36. The quantitative estimate of drug-likeness (QED) is 0.0744. The Labute approximate surface area is 455 Å². The minimum atomic E-state index is -5.72. The molecule has 2 aromatic rings. The van der Waals surface area contributed by atoms with Gasteiger partial charge in [-0.1, -0.05) is 55.4 Å². The summed E-state index contributed by atoms with van der Waals surface area (Å²) < 4.78 is 88.0. The van der Waals surface area contributed by atoms with E-state index in [9.17, 15) is 74.3 Å². The van der Waals surface area contributed by atoms with Crippen LogP contribution in [-0.4, -0.2) is 171 Å². The van der Waals surface area contributed by atoms with Crippen LogP contribution in [0, 0.1) is 29.6 Å². The lowest BCUT2D eigenvalue weighted by atomic mass is 9.85. The zero-order valence-electron chi connectivity index (χ0n) is 44.8. The van der Waals surface area contributed by atoms with Crippen molar-refractivity contribution in [3.63, 3.8) is 0 Å². The molecule has 2 aliphatic heterocycles. The third-order valence-corrected chi connectivity index (χ3v) is 13.3. The number of hydrazine groups is 1. The number of hydrogen-bond donors (Lipinski definition) is 7. The van der Waals surface area contributed by atoms with Crippen LogP contribution in [0.25, 0.3) is 0 Å². The summed E-state index contributed by atoms with van der Waals surface area (Å²) in [6.45, 7) is 7.99. The molecule has 22 nitrogen and oxygen atoms in total. The molecule has 7 atom stereocenters.